The summed E-state index contributed by atoms with van der Waals surface area (Å²) >= 11 is 0. The van der Waals surface area contributed by atoms with Crippen LogP contribution in [0.4, 0.5) is 4.79 Å². The van der Waals surface area contributed by atoms with Gasteiger partial charge < -0.3 is 21.5 Å². The Morgan fingerprint density at radius 3 is 2.25 bits per heavy atom. The lowest BCUT2D eigenvalue weighted by atomic mass is 10.1. The molecule has 7 N–H and O–H groups in total. The van der Waals surface area contributed by atoms with Crippen molar-refractivity contribution >= 4 is 17.9 Å². The number of rotatable bonds is 12. The highest BCUT2D eigenvalue weighted by Crippen LogP contribution is 2.01. The maximum atomic E-state index is 11.8. The first kappa shape index (κ1) is 22.1. The summed E-state index contributed by atoms with van der Waals surface area (Å²) in [5, 5.41) is 13.9. The molecule has 0 rings (SSSR count). The molecule has 0 spiro atoms. The monoisotopic (exact) mass is 345 g/mol. The van der Waals surface area contributed by atoms with E-state index in [1.807, 2.05) is 0 Å². The minimum absolute atomic E-state index is 0.289. The number of hydrogen-bond donors (Lipinski definition) is 6. The first-order valence-corrected chi connectivity index (χ1v) is 8.30. The predicted molar refractivity (Wildman–Crippen MR) is 91.1 cm³/mol. The number of carboxylic acids is 1. The van der Waals surface area contributed by atoms with E-state index in [0.29, 0.717) is 31.8 Å². The smallest absolute Gasteiger partial charge is 0.326 e. The standard InChI is InChI=1S/C15H31N5O4/c1-10(2)7-9-17-20-13(21)11(3)18-15(24)19-12(14(22)23)6-4-5-8-16/h10-12,17H,4-9,16H2,1-3H3,(H,20,21)(H,22,23)(H2,18,19,24)/t11-,12+/m1/s1. The number of nitrogens with one attached hydrogen (secondary N) is 4. The molecule has 0 saturated heterocycles. The summed E-state index contributed by atoms with van der Waals surface area (Å²) < 4.78 is 0. The number of carbonyl (C=O) groups excluding carboxylic acids is 2. The van der Waals surface area contributed by atoms with Gasteiger partial charge in [0.2, 0.25) is 0 Å². The summed E-state index contributed by atoms with van der Waals surface area (Å²) in [6, 6.07) is -2.49. The molecule has 0 fully saturated rings. The fraction of sp³-hybridized carbons (Fsp3) is 0.800. The van der Waals surface area contributed by atoms with E-state index in [4.69, 9.17) is 10.8 Å². The second-order valence-corrected chi connectivity index (χ2v) is 6.11. The highest BCUT2D eigenvalue weighted by molar-refractivity contribution is 5.88. The van der Waals surface area contributed by atoms with Gasteiger partial charge in [-0.1, -0.05) is 13.8 Å². The third-order valence-electron chi connectivity index (χ3n) is 3.35. The summed E-state index contributed by atoms with van der Waals surface area (Å²) in [7, 11) is 0. The van der Waals surface area contributed by atoms with Crippen molar-refractivity contribution in [2.24, 2.45) is 11.7 Å². The predicted octanol–water partition coefficient (Wildman–Crippen LogP) is -0.0768. The van der Waals surface area contributed by atoms with Gasteiger partial charge in [0.25, 0.3) is 5.91 Å². The van der Waals surface area contributed by atoms with Crippen molar-refractivity contribution in [2.75, 3.05) is 13.1 Å². The molecule has 0 bridgehead atoms. The number of nitrogens with two attached hydrogens (primary N) is 1. The lowest BCUT2D eigenvalue weighted by Gasteiger charge is -2.18. The highest BCUT2D eigenvalue weighted by atomic mass is 16.4. The van der Waals surface area contributed by atoms with Gasteiger partial charge in [0.15, 0.2) is 0 Å². The summed E-state index contributed by atoms with van der Waals surface area (Å²) in [6.07, 6.45) is 2.49. The van der Waals surface area contributed by atoms with Crippen molar-refractivity contribution in [3.8, 4) is 0 Å². The van der Waals surface area contributed by atoms with Gasteiger partial charge in [-0.2, -0.15) is 0 Å². The Hall–Kier alpha value is -1.87. The molecule has 0 aliphatic rings. The van der Waals surface area contributed by atoms with Gasteiger partial charge in [0.1, 0.15) is 12.1 Å². The van der Waals surface area contributed by atoms with E-state index in [-0.39, 0.29) is 6.42 Å². The fourth-order valence-electron chi connectivity index (χ4n) is 1.83. The SMILES string of the molecule is CC(C)CCNNC(=O)[C@@H](C)NC(=O)N[C@@H](CCCCN)C(=O)O. The molecule has 0 aliphatic carbocycles. The maximum Gasteiger partial charge on any atom is 0.326 e. The first-order valence-electron chi connectivity index (χ1n) is 8.30. The Morgan fingerprint density at radius 1 is 1.04 bits per heavy atom. The van der Waals surface area contributed by atoms with Gasteiger partial charge >= 0.3 is 12.0 Å². The first-order chi connectivity index (χ1) is 11.3. The minimum atomic E-state index is -1.12. The molecule has 0 unspecified atom stereocenters. The number of aliphatic carboxylic acids is 1. The second kappa shape index (κ2) is 12.5. The minimum Gasteiger partial charge on any atom is -0.480 e. The molecule has 0 heterocycles. The average molecular weight is 345 g/mol. The molecule has 0 aromatic rings. The Bertz CT molecular complexity index is 403. The van der Waals surface area contributed by atoms with Crippen molar-refractivity contribution < 1.29 is 19.5 Å². The third kappa shape index (κ3) is 10.8. The molecule has 9 nitrogen and oxygen atoms in total. The Labute approximate surface area is 143 Å². The van der Waals surface area contributed by atoms with Crippen LogP contribution in [0.1, 0.15) is 46.5 Å². The van der Waals surface area contributed by atoms with Gasteiger partial charge in [0.05, 0.1) is 0 Å². The van der Waals surface area contributed by atoms with E-state index in [2.05, 4.69) is 35.3 Å². The maximum absolute atomic E-state index is 11.8. The van der Waals surface area contributed by atoms with Crippen molar-refractivity contribution in [3.63, 3.8) is 0 Å². The van der Waals surface area contributed by atoms with Crippen LogP contribution in [0.15, 0.2) is 0 Å². The number of carbonyl (C=O) groups is 3. The van der Waals surface area contributed by atoms with Crippen LogP contribution in [0.5, 0.6) is 0 Å². The number of hydrogen-bond acceptors (Lipinski definition) is 5. The van der Waals surface area contributed by atoms with Crippen LogP contribution in [0.25, 0.3) is 0 Å². The molecule has 24 heavy (non-hydrogen) atoms. The molecule has 3 amide bonds. The number of carboxylic acid groups (broad SMARTS) is 1. The molecular weight excluding hydrogens is 314 g/mol. The zero-order valence-corrected chi connectivity index (χ0v) is 14.7. The van der Waals surface area contributed by atoms with Crippen LogP contribution in [0, 0.1) is 5.92 Å². The number of hydrazine groups is 1. The molecule has 0 aliphatic heterocycles. The largest absolute Gasteiger partial charge is 0.480 e. The van der Waals surface area contributed by atoms with Crippen LogP contribution < -0.4 is 27.2 Å². The summed E-state index contributed by atoms with van der Waals surface area (Å²) in [5.41, 5.74) is 10.6. The molecule has 9 heteroatoms. The van der Waals surface area contributed by atoms with Crippen LogP contribution in [-0.2, 0) is 9.59 Å². The van der Waals surface area contributed by atoms with Crippen molar-refractivity contribution in [1.82, 2.24) is 21.5 Å². The molecular formula is C15H31N5O4. The molecule has 0 saturated carbocycles. The number of urea groups is 1. The Kier molecular flexibility index (Phi) is 11.6. The van der Waals surface area contributed by atoms with Crippen LogP contribution >= 0.6 is 0 Å². The van der Waals surface area contributed by atoms with E-state index >= 15 is 0 Å². The van der Waals surface area contributed by atoms with Gasteiger partial charge in [-0.25, -0.2) is 15.0 Å². The molecule has 0 aromatic heterocycles. The zero-order valence-electron chi connectivity index (χ0n) is 14.7. The van der Waals surface area contributed by atoms with Crippen molar-refractivity contribution in [1.29, 1.82) is 0 Å². The summed E-state index contributed by atoms with van der Waals surface area (Å²) in [6.45, 7) is 6.77. The van der Waals surface area contributed by atoms with Crippen LogP contribution in [0.3, 0.4) is 0 Å². The van der Waals surface area contributed by atoms with E-state index in [1.54, 1.807) is 0 Å². The van der Waals surface area contributed by atoms with Crippen LogP contribution in [0.2, 0.25) is 0 Å². The van der Waals surface area contributed by atoms with E-state index in [0.717, 1.165) is 6.42 Å². The van der Waals surface area contributed by atoms with Crippen LogP contribution in [-0.4, -0.2) is 48.2 Å². The summed E-state index contributed by atoms with van der Waals surface area (Å²) in [5.74, 6) is -0.999. The Morgan fingerprint density at radius 2 is 1.71 bits per heavy atom. The fourth-order valence-corrected chi connectivity index (χ4v) is 1.83. The zero-order chi connectivity index (χ0) is 18.5. The second-order valence-electron chi connectivity index (χ2n) is 6.11. The quantitative estimate of drug-likeness (QED) is 0.215. The van der Waals surface area contributed by atoms with E-state index < -0.39 is 30.0 Å². The molecule has 0 radical (unpaired) electrons. The summed E-state index contributed by atoms with van der Waals surface area (Å²) in [4.78, 5) is 34.7. The van der Waals surface area contributed by atoms with Crippen molar-refractivity contribution in [2.45, 2.75) is 58.5 Å². The van der Waals surface area contributed by atoms with Gasteiger partial charge in [-0.15, -0.1) is 0 Å². The topological polar surface area (TPSA) is 146 Å². The van der Waals surface area contributed by atoms with Gasteiger partial charge in [0, 0.05) is 6.54 Å². The molecule has 0 aromatic carbocycles. The van der Waals surface area contributed by atoms with Gasteiger partial charge in [-0.05, 0) is 45.1 Å². The Balaban J connectivity index is 4.17. The lowest BCUT2D eigenvalue weighted by molar-refractivity contribution is -0.139. The lowest BCUT2D eigenvalue weighted by Crippen LogP contribution is -2.54. The van der Waals surface area contributed by atoms with Crippen molar-refractivity contribution in [3.05, 3.63) is 0 Å². The normalized spacial score (nSPS) is 13.2. The van der Waals surface area contributed by atoms with E-state index in [1.165, 1.54) is 6.92 Å². The average Bonchev–Trinajstić information content (AvgIpc) is 2.50. The number of amides is 3. The molecule has 2 atom stereocenters. The van der Waals surface area contributed by atoms with Gasteiger partial charge in [-0.3, -0.25) is 10.2 Å². The van der Waals surface area contributed by atoms with E-state index in [9.17, 15) is 14.4 Å². The molecule has 140 valence electrons. The third-order valence-corrected chi connectivity index (χ3v) is 3.35. The highest BCUT2D eigenvalue weighted by Gasteiger charge is 2.21. The number of unbranched alkanes of at least 4 members (excludes halogenated alkanes) is 1.